The first kappa shape index (κ1) is 14.3. The van der Waals surface area contributed by atoms with Gasteiger partial charge >= 0.3 is 5.97 Å². The van der Waals surface area contributed by atoms with Crippen LogP contribution < -0.4 is 5.01 Å². The second-order valence-corrected chi connectivity index (χ2v) is 6.66. The number of nitrogens with zero attached hydrogens (tertiary/aromatic N) is 2. The molecule has 0 unspecified atom stereocenters. The van der Waals surface area contributed by atoms with E-state index in [0.717, 1.165) is 5.56 Å². The zero-order valence-electron chi connectivity index (χ0n) is 11.6. The number of para-hydroxylation sites is 1. The standard InChI is InChI=1S/C15H12N2O4S/c1-10-6-8-11(9-7-10)17-12-4-2-3-5-13(12)22(20,21)14(16-17)15(18)19/h2-9H,1H3,(H,18,19). The number of anilines is 2. The number of hydrazone groups is 1. The Morgan fingerprint density at radius 1 is 1.09 bits per heavy atom. The lowest BCUT2D eigenvalue weighted by molar-refractivity contribution is -0.129. The molecule has 7 heteroatoms. The summed E-state index contributed by atoms with van der Waals surface area (Å²) in [6, 6.07) is 13.4. The van der Waals surface area contributed by atoms with Crippen LogP contribution >= 0.6 is 0 Å². The first-order valence-electron chi connectivity index (χ1n) is 6.44. The van der Waals surface area contributed by atoms with Gasteiger partial charge in [0.25, 0.3) is 5.04 Å². The quantitative estimate of drug-likeness (QED) is 0.918. The van der Waals surface area contributed by atoms with Gasteiger partial charge in [-0.3, -0.25) is 0 Å². The lowest BCUT2D eigenvalue weighted by atomic mass is 10.2. The molecule has 0 spiro atoms. The summed E-state index contributed by atoms with van der Waals surface area (Å²) >= 11 is 0. The number of aryl methyl sites for hydroxylation is 1. The number of carboxylic acid groups (broad SMARTS) is 1. The molecule has 0 radical (unpaired) electrons. The van der Waals surface area contributed by atoms with E-state index in [1.54, 1.807) is 30.3 Å². The molecule has 0 fully saturated rings. The van der Waals surface area contributed by atoms with Crippen molar-refractivity contribution in [3.63, 3.8) is 0 Å². The summed E-state index contributed by atoms with van der Waals surface area (Å²) in [6.07, 6.45) is 0. The van der Waals surface area contributed by atoms with Gasteiger partial charge in [-0.05, 0) is 31.2 Å². The van der Waals surface area contributed by atoms with Crippen molar-refractivity contribution in [2.24, 2.45) is 5.10 Å². The van der Waals surface area contributed by atoms with Gasteiger partial charge in [-0.15, -0.1) is 5.10 Å². The van der Waals surface area contributed by atoms with E-state index in [1.807, 2.05) is 19.1 Å². The van der Waals surface area contributed by atoms with Crippen molar-refractivity contribution in [1.82, 2.24) is 0 Å². The van der Waals surface area contributed by atoms with E-state index in [9.17, 15) is 18.3 Å². The van der Waals surface area contributed by atoms with Gasteiger partial charge in [-0.2, -0.15) is 0 Å². The summed E-state index contributed by atoms with van der Waals surface area (Å²) in [5, 5.41) is 13.5. The van der Waals surface area contributed by atoms with E-state index in [2.05, 4.69) is 5.10 Å². The lowest BCUT2D eigenvalue weighted by Crippen LogP contribution is -2.32. The van der Waals surface area contributed by atoms with Crippen LogP contribution in [0.15, 0.2) is 58.5 Å². The van der Waals surface area contributed by atoms with Gasteiger partial charge in [0.2, 0.25) is 9.84 Å². The molecule has 0 aromatic heterocycles. The average Bonchev–Trinajstić information content (AvgIpc) is 2.48. The fourth-order valence-corrected chi connectivity index (χ4v) is 3.52. The molecule has 3 rings (SSSR count). The number of hydrogen-bond donors (Lipinski definition) is 1. The maximum atomic E-state index is 12.3. The zero-order valence-corrected chi connectivity index (χ0v) is 12.4. The maximum Gasteiger partial charge on any atom is 0.368 e. The monoisotopic (exact) mass is 316 g/mol. The van der Waals surface area contributed by atoms with Crippen LogP contribution in [0.1, 0.15) is 5.56 Å². The van der Waals surface area contributed by atoms with E-state index < -0.39 is 20.9 Å². The minimum Gasteiger partial charge on any atom is -0.476 e. The zero-order chi connectivity index (χ0) is 15.9. The second kappa shape index (κ2) is 4.96. The summed E-state index contributed by atoms with van der Waals surface area (Å²) in [6.45, 7) is 1.92. The Morgan fingerprint density at radius 3 is 2.36 bits per heavy atom. The number of carboxylic acids is 1. The van der Waals surface area contributed by atoms with Crippen LogP contribution in [0.25, 0.3) is 0 Å². The molecule has 2 aromatic rings. The van der Waals surface area contributed by atoms with Crippen molar-refractivity contribution in [2.75, 3.05) is 5.01 Å². The van der Waals surface area contributed by atoms with E-state index >= 15 is 0 Å². The maximum absolute atomic E-state index is 12.3. The molecule has 0 aliphatic carbocycles. The molecule has 0 saturated carbocycles. The third-order valence-electron chi connectivity index (χ3n) is 3.29. The Hall–Kier alpha value is -2.67. The van der Waals surface area contributed by atoms with Crippen molar-refractivity contribution in [1.29, 1.82) is 0 Å². The summed E-state index contributed by atoms with van der Waals surface area (Å²) in [7, 11) is -4.12. The largest absolute Gasteiger partial charge is 0.476 e. The molecule has 1 N–H and O–H groups in total. The lowest BCUT2D eigenvalue weighted by Gasteiger charge is -2.26. The van der Waals surface area contributed by atoms with Crippen LogP contribution in [-0.4, -0.2) is 24.5 Å². The van der Waals surface area contributed by atoms with Crippen LogP contribution in [0, 0.1) is 6.92 Å². The van der Waals surface area contributed by atoms with Gasteiger partial charge in [-0.1, -0.05) is 29.8 Å². The number of benzene rings is 2. The number of rotatable bonds is 2. The molecule has 1 aliphatic rings. The van der Waals surface area contributed by atoms with Crippen LogP contribution in [0.2, 0.25) is 0 Å². The third-order valence-corrected chi connectivity index (χ3v) is 4.98. The first-order chi connectivity index (χ1) is 10.4. The Balaban J connectivity index is 2.27. The number of hydrogen-bond acceptors (Lipinski definition) is 5. The van der Waals surface area contributed by atoms with Gasteiger partial charge in [0, 0.05) is 0 Å². The van der Waals surface area contributed by atoms with Crippen molar-refractivity contribution in [3.05, 3.63) is 54.1 Å². The molecule has 112 valence electrons. The number of carbonyl (C=O) groups is 1. The van der Waals surface area contributed by atoms with Gasteiger partial charge in [0.15, 0.2) is 0 Å². The SMILES string of the molecule is Cc1ccc(N2N=C(C(=O)O)S(=O)(=O)c3ccccc32)cc1. The molecular weight excluding hydrogens is 304 g/mol. The molecule has 0 saturated heterocycles. The minimum absolute atomic E-state index is 0.0667. The van der Waals surface area contributed by atoms with E-state index in [-0.39, 0.29) is 4.90 Å². The Bertz CT molecular complexity index is 886. The molecular formula is C15H12N2O4S. The van der Waals surface area contributed by atoms with Crippen LogP contribution in [0.4, 0.5) is 11.4 Å². The Kier molecular flexibility index (Phi) is 3.22. The number of sulfone groups is 1. The number of fused-ring (bicyclic) bond motifs is 1. The van der Waals surface area contributed by atoms with Crippen LogP contribution in [0.5, 0.6) is 0 Å². The molecule has 2 aromatic carbocycles. The molecule has 22 heavy (non-hydrogen) atoms. The molecule has 0 amide bonds. The summed E-state index contributed by atoms with van der Waals surface area (Å²) in [4.78, 5) is 11.2. The van der Waals surface area contributed by atoms with Gasteiger partial charge in [0.1, 0.15) is 0 Å². The molecule has 6 nitrogen and oxygen atoms in total. The molecule has 0 bridgehead atoms. The van der Waals surface area contributed by atoms with E-state index in [1.165, 1.54) is 11.1 Å². The Labute approximate surface area is 127 Å². The van der Waals surface area contributed by atoms with Gasteiger partial charge < -0.3 is 5.11 Å². The third kappa shape index (κ3) is 2.15. The highest BCUT2D eigenvalue weighted by atomic mass is 32.2. The molecule has 0 atom stereocenters. The van der Waals surface area contributed by atoms with Crippen molar-refractivity contribution in [2.45, 2.75) is 11.8 Å². The summed E-state index contributed by atoms with van der Waals surface area (Å²) in [5.41, 5.74) is 1.95. The fourth-order valence-electron chi connectivity index (χ4n) is 2.20. The normalized spacial score (nSPS) is 15.9. The van der Waals surface area contributed by atoms with Crippen molar-refractivity contribution in [3.8, 4) is 0 Å². The van der Waals surface area contributed by atoms with Gasteiger partial charge in [0.05, 0.1) is 16.3 Å². The van der Waals surface area contributed by atoms with E-state index in [4.69, 9.17) is 0 Å². The Morgan fingerprint density at radius 2 is 1.73 bits per heavy atom. The minimum atomic E-state index is -4.12. The van der Waals surface area contributed by atoms with Crippen LogP contribution in [-0.2, 0) is 14.6 Å². The second-order valence-electron chi connectivity index (χ2n) is 4.83. The predicted molar refractivity (Wildman–Crippen MR) is 82.0 cm³/mol. The fraction of sp³-hybridized carbons (Fsp3) is 0.0667. The van der Waals surface area contributed by atoms with Crippen molar-refractivity contribution < 1.29 is 18.3 Å². The molecule has 1 aliphatic heterocycles. The first-order valence-corrected chi connectivity index (χ1v) is 7.92. The predicted octanol–water partition coefficient (Wildman–Crippen LogP) is 2.32. The average molecular weight is 316 g/mol. The molecule has 1 heterocycles. The highest BCUT2D eigenvalue weighted by Crippen LogP contribution is 2.36. The number of aliphatic carboxylic acids is 1. The summed E-state index contributed by atoms with van der Waals surface area (Å²) in [5.74, 6) is -1.58. The topological polar surface area (TPSA) is 87.0 Å². The van der Waals surface area contributed by atoms with Crippen molar-refractivity contribution >= 4 is 32.2 Å². The van der Waals surface area contributed by atoms with E-state index in [0.29, 0.717) is 11.4 Å². The smallest absolute Gasteiger partial charge is 0.368 e. The van der Waals surface area contributed by atoms with Gasteiger partial charge in [-0.25, -0.2) is 18.2 Å². The summed E-state index contributed by atoms with van der Waals surface area (Å²) < 4.78 is 24.7. The highest BCUT2D eigenvalue weighted by Gasteiger charge is 2.37. The highest BCUT2D eigenvalue weighted by molar-refractivity contribution is 8.08. The van der Waals surface area contributed by atoms with Crippen LogP contribution in [0.3, 0.4) is 0 Å².